The Morgan fingerprint density at radius 2 is 1.48 bits per heavy atom. The van der Waals surface area contributed by atoms with E-state index in [1.54, 1.807) is 4.90 Å². The Balaban J connectivity index is 1.64. The Morgan fingerprint density at radius 3 is 2.03 bits per heavy atom. The Morgan fingerprint density at radius 1 is 0.909 bits per heavy atom. The van der Waals surface area contributed by atoms with E-state index in [2.05, 4.69) is 5.32 Å². The molecule has 3 aromatic rings. The van der Waals surface area contributed by atoms with Crippen LogP contribution in [0.2, 0.25) is 0 Å². The lowest BCUT2D eigenvalue weighted by atomic mass is 10.2. The lowest BCUT2D eigenvalue weighted by molar-refractivity contribution is -0.122. The van der Waals surface area contributed by atoms with Crippen molar-refractivity contribution in [1.82, 2.24) is 0 Å². The summed E-state index contributed by atoms with van der Waals surface area (Å²) in [4.78, 5) is 26.5. The van der Waals surface area contributed by atoms with Crippen LogP contribution in [0.1, 0.15) is 24.2 Å². The zero-order valence-corrected chi connectivity index (χ0v) is 19.1. The van der Waals surface area contributed by atoms with Crippen molar-refractivity contribution in [3.05, 3.63) is 84.4 Å². The van der Waals surface area contributed by atoms with Gasteiger partial charge in [0.1, 0.15) is 0 Å². The van der Waals surface area contributed by atoms with Gasteiger partial charge in [-0.25, -0.2) is 18.4 Å². The Kier molecular flexibility index (Phi) is 7.47. The number of hydrogen-bond donors (Lipinski definition) is 2. The summed E-state index contributed by atoms with van der Waals surface area (Å²) in [5.41, 5.74) is 2.60. The van der Waals surface area contributed by atoms with Crippen LogP contribution in [0.15, 0.2) is 83.8 Å². The quantitative estimate of drug-likeness (QED) is 0.488. The Labute approximate surface area is 193 Å². The predicted molar refractivity (Wildman–Crippen MR) is 127 cm³/mol. The number of sulfonamides is 1. The highest BCUT2D eigenvalue weighted by Crippen LogP contribution is 2.23. The summed E-state index contributed by atoms with van der Waals surface area (Å²) < 4.78 is 27.8. The molecule has 0 aliphatic rings. The zero-order chi connectivity index (χ0) is 24.0. The van der Waals surface area contributed by atoms with Gasteiger partial charge in [0.05, 0.1) is 10.5 Å². The van der Waals surface area contributed by atoms with E-state index in [4.69, 9.17) is 9.88 Å². The lowest BCUT2D eigenvalue weighted by Crippen LogP contribution is -2.39. The summed E-state index contributed by atoms with van der Waals surface area (Å²) in [5, 5.41) is 8.33. The number of anilines is 3. The number of carbonyl (C=O) groups excluding carboxylic acids is 2. The number of hydrogen-bond acceptors (Lipinski definition) is 6. The average molecular weight is 468 g/mol. The highest BCUT2D eigenvalue weighted by Gasteiger charge is 2.21. The molecular weight excluding hydrogens is 442 g/mol. The minimum Gasteiger partial charge on any atom is -0.452 e. The minimum absolute atomic E-state index is 0.114. The van der Waals surface area contributed by atoms with Crippen LogP contribution in [0.3, 0.4) is 0 Å². The average Bonchev–Trinajstić information content (AvgIpc) is 2.79. The standard InChI is InChI=1S/C24H25N3O5S/c1-17(2)27(21-12-10-20(11-13-21)26-19-6-4-3-5-7-19)23(28)16-32-24(29)18-8-14-22(15-9-18)33(25,30)31/h3-15,17,26H,16H2,1-2H3,(H2,25,30,31). The molecule has 0 radical (unpaired) electrons. The van der Waals surface area contributed by atoms with Crippen molar-refractivity contribution in [2.75, 3.05) is 16.8 Å². The molecule has 1 amide bonds. The monoisotopic (exact) mass is 467 g/mol. The molecule has 0 fully saturated rings. The largest absolute Gasteiger partial charge is 0.452 e. The molecule has 0 saturated heterocycles. The van der Waals surface area contributed by atoms with Crippen molar-refractivity contribution >= 4 is 39.0 Å². The van der Waals surface area contributed by atoms with Gasteiger partial charge in [0.25, 0.3) is 5.91 Å². The number of nitrogens with zero attached hydrogens (tertiary/aromatic N) is 1. The minimum atomic E-state index is -3.86. The molecule has 0 aliphatic heterocycles. The summed E-state index contributed by atoms with van der Waals surface area (Å²) in [6, 6.07) is 21.9. The van der Waals surface area contributed by atoms with Crippen LogP contribution >= 0.6 is 0 Å². The first-order chi connectivity index (χ1) is 15.6. The highest BCUT2D eigenvalue weighted by atomic mass is 32.2. The van der Waals surface area contributed by atoms with E-state index in [0.717, 1.165) is 11.4 Å². The molecule has 0 atom stereocenters. The van der Waals surface area contributed by atoms with Crippen LogP contribution in [-0.2, 0) is 19.6 Å². The van der Waals surface area contributed by atoms with Gasteiger partial charge in [0.15, 0.2) is 6.61 Å². The molecule has 0 saturated carbocycles. The van der Waals surface area contributed by atoms with E-state index < -0.39 is 22.6 Å². The fourth-order valence-electron chi connectivity index (χ4n) is 3.18. The van der Waals surface area contributed by atoms with Crippen molar-refractivity contribution in [3.63, 3.8) is 0 Å². The maximum Gasteiger partial charge on any atom is 0.338 e. The third-order valence-corrected chi connectivity index (χ3v) is 5.67. The molecule has 0 unspecified atom stereocenters. The van der Waals surface area contributed by atoms with Crippen molar-refractivity contribution < 1.29 is 22.7 Å². The van der Waals surface area contributed by atoms with Gasteiger partial charge in [-0.1, -0.05) is 18.2 Å². The Hall–Kier alpha value is -3.69. The molecule has 8 nitrogen and oxygen atoms in total. The van der Waals surface area contributed by atoms with Crippen LogP contribution in [-0.4, -0.2) is 32.9 Å². The SMILES string of the molecule is CC(C)N(C(=O)COC(=O)c1ccc(S(N)(=O)=O)cc1)c1ccc(Nc2ccccc2)cc1. The van der Waals surface area contributed by atoms with Crippen molar-refractivity contribution in [3.8, 4) is 0 Å². The molecule has 172 valence electrons. The van der Waals surface area contributed by atoms with Gasteiger partial charge in [-0.15, -0.1) is 0 Å². The van der Waals surface area contributed by atoms with Gasteiger partial charge in [0.2, 0.25) is 10.0 Å². The van der Waals surface area contributed by atoms with E-state index in [-0.39, 0.29) is 22.4 Å². The van der Waals surface area contributed by atoms with Crippen LogP contribution < -0.4 is 15.4 Å². The van der Waals surface area contributed by atoms with Gasteiger partial charge < -0.3 is 15.0 Å². The van der Waals surface area contributed by atoms with E-state index in [1.165, 1.54) is 24.3 Å². The summed E-state index contributed by atoms with van der Waals surface area (Å²) >= 11 is 0. The number of nitrogens with one attached hydrogen (secondary N) is 1. The fraction of sp³-hybridized carbons (Fsp3) is 0.167. The maximum absolute atomic E-state index is 12.8. The van der Waals surface area contributed by atoms with Gasteiger partial charge in [-0.05, 0) is 74.5 Å². The third-order valence-electron chi connectivity index (χ3n) is 4.74. The van der Waals surface area contributed by atoms with E-state index in [9.17, 15) is 18.0 Å². The number of nitrogens with two attached hydrogens (primary N) is 1. The zero-order valence-electron chi connectivity index (χ0n) is 18.3. The van der Waals surface area contributed by atoms with E-state index in [1.807, 2.05) is 68.4 Å². The molecule has 0 bridgehead atoms. The topological polar surface area (TPSA) is 119 Å². The maximum atomic E-state index is 12.8. The molecule has 0 aromatic heterocycles. The van der Waals surface area contributed by atoms with Crippen LogP contribution in [0.4, 0.5) is 17.1 Å². The number of esters is 1. The van der Waals surface area contributed by atoms with Crippen LogP contribution in [0, 0.1) is 0 Å². The van der Waals surface area contributed by atoms with Gasteiger partial charge in [-0.2, -0.15) is 0 Å². The first-order valence-corrected chi connectivity index (χ1v) is 11.7. The molecule has 0 heterocycles. The van der Waals surface area contributed by atoms with E-state index >= 15 is 0 Å². The molecule has 33 heavy (non-hydrogen) atoms. The summed E-state index contributed by atoms with van der Waals surface area (Å²) in [6.45, 7) is 3.27. The lowest BCUT2D eigenvalue weighted by Gasteiger charge is -2.27. The number of benzene rings is 3. The molecule has 3 N–H and O–H groups in total. The van der Waals surface area contributed by atoms with Gasteiger partial charge >= 0.3 is 5.97 Å². The predicted octanol–water partition coefficient (Wildman–Crippen LogP) is 3.68. The normalized spacial score (nSPS) is 11.2. The fourth-order valence-corrected chi connectivity index (χ4v) is 3.70. The van der Waals surface area contributed by atoms with Crippen molar-refractivity contribution in [2.45, 2.75) is 24.8 Å². The first kappa shape index (κ1) is 24.0. The number of primary sulfonamides is 1. The third kappa shape index (κ3) is 6.41. The number of amides is 1. The highest BCUT2D eigenvalue weighted by molar-refractivity contribution is 7.89. The Bertz CT molecular complexity index is 1210. The van der Waals surface area contributed by atoms with E-state index in [0.29, 0.717) is 5.69 Å². The first-order valence-electron chi connectivity index (χ1n) is 10.2. The second-order valence-corrected chi connectivity index (χ2v) is 9.10. The summed E-state index contributed by atoms with van der Waals surface area (Å²) in [6.07, 6.45) is 0. The summed E-state index contributed by atoms with van der Waals surface area (Å²) in [5.74, 6) is -1.13. The second-order valence-electron chi connectivity index (χ2n) is 7.54. The molecule has 0 aliphatic carbocycles. The molecule has 9 heteroatoms. The smallest absolute Gasteiger partial charge is 0.338 e. The molecule has 3 rings (SSSR count). The summed E-state index contributed by atoms with van der Waals surface area (Å²) in [7, 11) is -3.86. The van der Waals surface area contributed by atoms with Gasteiger partial charge in [-0.3, -0.25) is 4.79 Å². The van der Waals surface area contributed by atoms with Crippen molar-refractivity contribution in [1.29, 1.82) is 0 Å². The van der Waals surface area contributed by atoms with Gasteiger partial charge in [0, 0.05) is 23.1 Å². The van der Waals surface area contributed by atoms with Crippen LogP contribution in [0.5, 0.6) is 0 Å². The molecule has 3 aromatic carbocycles. The van der Waals surface area contributed by atoms with Crippen molar-refractivity contribution in [2.24, 2.45) is 5.14 Å². The second kappa shape index (κ2) is 10.3. The number of ether oxygens (including phenoxy) is 1. The van der Waals surface area contributed by atoms with Crippen LogP contribution in [0.25, 0.3) is 0 Å². The number of carbonyl (C=O) groups is 2. The number of rotatable bonds is 8. The molecule has 0 spiro atoms. The molecular formula is C24H25N3O5S. The number of para-hydroxylation sites is 1.